The largest absolute Gasteiger partial charge is 0.387 e. The molecule has 1 atom stereocenters. The van der Waals surface area contributed by atoms with E-state index in [0.29, 0.717) is 13.0 Å². The zero-order valence-electron chi connectivity index (χ0n) is 10.5. The molecule has 5 nitrogen and oxygen atoms in total. The molecule has 0 aliphatic carbocycles. The summed E-state index contributed by atoms with van der Waals surface area (Å²) in [4.78, 5) is 2.11. The van der Waals surface area contributed by atoms with Crippen molar-refractivity contribution in [1.82, 2.24) is 4.90 Å². The van der Waals surface area contributed by atoms with E-state index in [-0.39, 0.29) is 23.3 Å². The lowest BCUT2D eigenvalue weighted by molar-refractivity contribution is 0.214. The van der Waals surface area contributed by atoms with Gasteiger partial charge in [0.15, 0.2) is 9.84 Å². The van der Waals surface area contributed by atoms with Crippen LogP contribution in [0.25, 0.3) is 0 Å². The summed E-state index contributed by atoms with van der Waals surface area (Å²) in [6.07, 6.45) is 2.63. The van der Waals surface area contributed by atoms with Crippen molar-refractivity contribution in [3.8, 4) is 0 Å². The maximum Gasteiger partial charge on any atom is 0.151 e. The van der Waals surface area contributed by atoms with Gasteiger partial charge in [0, 0.05) is 24.8 Å². The van der Waals surface area contributed by atoms with Crippen LogP contribution in [0.15, 0.2) is 0 Å². The first kappa shape index (κ1) is 14.4. The van der Waals surface area contributed by atoms with Gasteiger partial charge < -0.3 is 10.6 Å². The maximum atomic E-state index is 11.6. The molecule has 1 heterocycles. The molecule has 0 bridgehead atoms. The summed E-state index contributed by atoms with van der Waals surface area (Å²) in [6, 6.07) is 0. The lowest BCUT2D eigenvalue weighted by atomic mass is 9.97. The third-order valence-electron chi connectivity index (χ3n) is 3.18. The lowest BCUT2D eigenvalue weighted by Gasteiger charge is -2.31. The van der Waals surface area contributed by atoms with Gasteiger partial charge in [0.05, 0.1) is 11.6 Å². The standard InChI is InChI=1S/C11H23N3O2S/c1-2-7-17(15,16)8-6-14-5-3-4-10(9-14)11(12)13/h10H,2-9H2,1H3,(H3,12,13). The van der Waals surface area contributed by atoms with Gasteiger partial charge in [-0.1, -0.05) is 6.92 Å². The van der Waals surface area contributed by atoms with Crippen LogP contribution in [-0.2, 0) is 9.84 Å². The molecule has 0 aromatic carbocycles. The van der Waals surface area contributed by atoms with Gasteiger partial charge in [-0.05, 0) is 25.8 Å². The van der Waals surface area contributed by atoms with Crippen molar-refractivity contribution in [2.75, 3.05) is 31.1 Å². The van der Waals surface area contributed by atoms with Crippen LogP contribution in [0.4, 0.5) is 0 Å². The number of piperidine rings is 1. The molecule has 3 N–H and O–H groups in total. The Hall–Kier alpha value is -0.620. The Morgan fingerprint density at radius 2 is 2.18 bits per heavy atom. The van der Waals surface area contributed by atoms with Crippen molar-refractivity contribution >= 4 is 15.7 Å². The highest BCUT2D eigenvalue weighted by Gasteiger charge is 2.22. The van der Waals surface area contributed by atoms with Crippen molar-refractivity contribution < 1.29 is 8.42 Å². The summed E-state index contributed by atoms with van der Waals surface area (Å²) in [7, 11) is -2.90. The number of hydrogen-bond acceptors (Lipinski definition) is 4. The van der Waals surface area contributed by atoms with E-state index in [0.717, 1.165) is 25.9 Å². The van der Waals surface area contributed by atoms with E-state index in [9.17, 15) is 8.42 Å². The normalized spacial score (nSPS) is 22.5. The molecule has 0 aromatic heterocycles. The summed E-state index contributed by atoms with van der Waals surface area (Å²) in [5.41, 5.74) is 5.50. The first-order valence-electron chi connectivity index (χ1n) is 6.21. The predicted octanol–water partition coefficient (Wildman–Crippen LogP) is 0.459. The smallest absolute Gasteiger partial charge is 0.151 e. The van der Waals surface area contributed by atoms with E-state index in [1.54, 1.807) is 0 Å². The number of nitrogens with zero attached hydrogens (tertiary/aromatic N) is 1. The first-order chi connectivity index (χ1) is 7.94. The van der Waals surface area contributed by atoms with Crippen molar-refractivity contribution in [2.24, 2.45) is 11.7 Å². The molecule has 100 valence electrons. The highest BCUT2D eigenvalue weighted by Crippen LogP contribution is 2.15. The minimum atomic E-state index is -2.90. The Kier molecular flexibility index (Phi) is 5.39. The van der Waals surface area contributed by atoms with Crippen molar-refractivity contribution in [3.63, 3.8) is 0 Å². The number of rotatable bonds is 6. The molecule has 1 rings (SSSR count). The minimum absolute atomic E-state index is 0.109. The van der Waals surface area contributed by atoms with Gasteiger partial charge in [0.2, 0.25) is 0 Å². The number of nitrogens with two attached hydrogens (primary N) is 1. The molecule has 1 fully saturated rings. The van der Waals surface area contributed by atoms with Gasteiger partial charge in [-0.2, -0.15) is 0 Å². The summed E-state index contributed by atoms with van der Waals surface area (Å²) in [5, 5.41) is 7.43. The van der Waals surface area contributed by atoms with Gasteiger partial charge in [-0.25, -0.2) is 8.42 Å². The SMILES string of the molecule is CCCS(=O)(=O)CCN1CCCC(C(=N)N)C1. The third kappa shape index (κ3) is 5.04. The van der Waals surface area contributed by atoms with Crippen molar-refractivity contribution in [3.05, 3.63) is 0 Å². The molecule has 1 unspecified atom stereocenters. The highest BCUT2D eigenvalue weighted by molar-refractivity contribution is 7.91. The molecule has 1 aliphatic rings. The zero-order valence-corrected chi connectivity index (χ0v) is 11.3. The Bertz CT molecular complexity index is 354. The van der Waals surface area contributed by atoms with E-state index < -0.39 is 9.84 Å². The predicted molar refractivity (Wildman–Crippen MR) is 70.0 cm³/mol. The monoisotopic (exact) mass is 261 g/mol. The number of nitrogens with one attached hydrogen (secondary N) is 1. The fourth-order valence-electron chi connectivity index (χ4n) is 2.19. The van der Waals surface area contributed by atoms with Crippen LogP contribution in [0.3, 0.4) is 0 Å². The van der Waals surface area contributed by atoms with Gasteiger partial charge in [0.1, 0.15) is 0 Å². The molecule has 0 radical (unpaired) electrons. The van der Waals surface area contributed by atoms with Crippen LogP contribution in [-0.4, -0.2) is 50.3 Å². The molecular weight excluding hydrogens is 238 g/mol. The summed E-state index contributed by atoms with van der Waals surface area (Å²) in [6.45, 7) is 4.11. The molecule has 0 amide bonds. The van der Waals surface area contributed by atoms with E-state index >= 15 is 0 Å². The summed E-state index contributed by atoms with van der Waals surface area (Å²) >= 11 is 0. The van der Waals surface area contributed by atoms with Gasteiger partial charge >= 0.3 is 0 Å². The van der Waals surface area contributed by atoms with E-state index in [1.165, 1.54) is 0 Å². The number of hydrogen-bond donors (Lipinski definition) is 2. The molecule has 6 heteroatoms. The topological polar surface area (TPSA) is 87.2 Å². The molecule has 0 saturated carbocycles. The fourth-order valence-corrected chi connectivity index (χ4v) is 3.56. The average molecular weight is 261 g/mol. The van der Waals surface area contributed by atoms with E-state index in [1.807, 2.05) is 6.92 Å². The Morgan fingerprint density at radius 3 is 2.76 bits per heavy atom. The molecule has 17 heavy (non-hydrogen) atoms. The van der Waals surface area contributed by atoms with Crippen molar-refractivity contribution in [2.45, 2.75) is 26.2 Å². The minimum Gasteiger partial charge on any atom is -0.387 e. The highest BCUT2D eigenvalue weighted by atomic mass is 32.2. The second-order valence-electron chi connectivity index (χ2n) is 4.75. The average Bonchev–Trinajstić information content (AvgIpc) is 2.27. The maximum absolute atomic E-state index is 11.6. The molecule has 1 saturated heterocycles. The van der Waals surface area contributed by atoms with E-state index in [4.69, 9.17) is 11.1 Å². The van der Waals surface area contributed by atoms with Gasteiger partial charge in [-0.15, -0.1) is 0 Å². The fraction of sp³-hybridized carbons (Fsp3) is 0.909. The van der Waals surface area contributed by atoms with Crippen LogP contribution >= 0.6 is 0 Å². The molecule has 0 spiro atoms. The zero-order chi connectivity index (χ0) is 12.9. The van der Waals surface area contributed by atoms with Crippen LogP contribution in [0.5, 0.6) is 0 Å². The van der Waals surface area contributed by atoms with Crippen LogP contribution in [0.1, 0.15) is 26.2 Å². The molecular formula is C11H23N3O2S. The van der Waals surface area contributed by atoms with Crippen LogP contribution < -0.4 is 5.73 Å². The molecule has 0 aromatic rings. The Labute approximate surface area is 104 Å². The van der Waals surface area contributed by atoms with Crippen molar-refractivity contribution in [1.29, 1.82) is 5.41 Å². The number of likely N-dealkylation sites (tertiary alicyclic amines) is 1. The Balaban J connectivity index is 2.39. The quantitative estimate of drug-likeness (QED) is 0.537. The van der Waals surface area contributed by atoms with Crippen LogP contribution in [0, 0.1) is 11.3 Å². The Morgan fingerprint density at radius 1 is 1.47 bits per heavy atom. The second kappa shape index (κ2) is 6.35. The van der Waals surface area contributed by atoms with Gasteiger partial charge in [0.25, 0.3) is 0 Å². The third-order valence-corrected chi connectivity index (χ3v) is 5.01. The number of amidine groups is 1. The lowest BCUT2D eigenvalue weighted by Crippen LogP contribution is -2.42. The van der Waals surface area contributed by atoms with E-state index in [2.05, 4.69) is 4.90 Å². The second-order valence-corrected chi connectivity index (χ2v) is 7.05. The summed E-state index contributed by atoms with van der Waals surface area (Å²) < 4.78 is 23.2. The first-order valence-corrected chi connectivity index (χ1v) is 8.03. The number of sulfone groups is 1. The van der Waals surface area contributed by atoms with Gasteiger partial charge in [-0.3, -0.25) is 5.41 Å². The molecule has 1 aliphatic heterocycles. The summed E-state index contributed by atoms with van der Waals surface area (Å²) in [5.74, 6) is 0.839. The van der Waals surface area contributed by atoms with Crippen LogP contribution in [0.2, 0.25) is 0 Å².